The van der Waals surface area contributed by atoms with E-state index in [2.05, 4.69) is 66.1 Å². The van der Waals surface area contributed by atoms with Crippen molar-refractivity contribution in [2.75, 3.05) is 32.5 Å². The van der Waals surface area contributed by atoms with Crippen LogP contribution in [-0.2, 0) is 44.9 Å². The number of carbonyl (C=O) groups excluding carboxylic acids is 3. The fourth-order valence-electron chi connectivity index (χ4n) is 10.7. The van der Waals surface area contributed by atoms with Gasteiger partial charge in [-0.25, -0.2) is 8.51 Å². The Kier molecular flexibility index (Phi) is 18.4. The first-order chi connectivity index (χ1) is 32.4. The molecule has 14 heteroatoms. The summed E-state index contributed by atoms with van der Waals surface area (Å²) in [5, 5.41) is 11.4. The van der Waals surface area contributed by atoms with Gasteiger partial charge in [0.15, 0.2) is 0 Å². The highest BCUT2D eigenvalue weighted by Crippen LogP contribution is 2.40. The molecule has 0 heterocycles. The number of nitrogens with zero attached hydrogens (tertiary/aromatic N) is 3. The lowest BCUT2D eigenvalue weighted by molar-refractivity contribution is -0.143. The number of carbonyl (C=O) groups is 3. The van der Waals surface area contributed by atoms with Crippen LogP contribution in [0.15, 0.2) is 97.1 Å². The first kappa shape index (κ1) is 53.1. The lowest BCUT2D eigenvalue weighted by Gasteiger charge is -2.47. The molecule has 6 rings (SSSR count). The summed E-state index contributed by atoms with van der Waals surface area (Å²) in [5.74, 6) is -2.05. The Labute approximate surface area is 417 Å². The minimum atomic E-state index is -2.37. The van der Waals surface area contributed by atoms with Crippen LogP contribution >= 0.6 is 23.2 Å². The van der Waals surface area contributed by atoms with Gasteiger partial charge in [0, 0.05) is 40.1 Å². The number of rotatable bonds is 20. The van der Waals surface area contributed by atoms with Crippen molar-refractivity contribution in [3.63, 3.8) is 0 Å². The van der Waals surface area contributed by atoms with Crippen molar-refractivity contribution < 1.29 is 23.1 Å². The Morgan fingerprint density at radius 3 is 1.62 bits per heavy atom. The van der Waals surface area contributed by atoms with E-state index >= 15 is 9.59 Å². The monoisotopic (exact) mass is 986 g/mol. The van der Waals surface area contributed by atoms with Crippen LogP contribution in [0.4, 0.5) is 11.4 Å². The maximum atomic E-state index is 15.4. The van der Waals surface area contributed by atoms with Crippen molar-refractivity contribution in [3.8, 4) is 0 Å². The van der Waals surface area contributed by atoms with Crippen molar-refractivity contribution in [1.82, 2.24) is 25.8 Å². The molecule has 0 spiro atoms. The van der Waals surface area contributed by atoms with Gasteiger partial charge in [-0.3, -0.25) is 18.9 Å². The normalized spacial score (nSPS) is 22.5. The van der Waals surface area contributed by atoms with Crippen molar-refractivity contribution >= 4 is 63.6 Å². The molecule has 2 fully saturated rings. The Hall–Kier alpha value is -4.30. The highest BCUT2D eigenvalue weighted by atomic mass is 35.5. The highest BCUT2D eigenvalue weighted by molar-refractivity contribution is 7.81. The molecular formula is C54H72Cl2N6O5S. The number of hydrogen-bond acceptors (Lipinski definition) is 6. The van der Waals surface area contributed by atoms with Gasteiger partial charge >= 0.3 is 0 Å². The largest absolute Gasteiger partial charge is 0.353 e. The predicted octanol–water partition coefficient (Wildman–Crippen LogP) is 10.0. The molecule has 2 saturated carbocycles. The van der Waals surface area contributed by atoms with E-state index in [1.165, 1.54) is 11.2 Å². The molecule has 2 aliphatic carbocycles. The van der Waals surface area contributed by atoms with E-state index in [-0.39, 0.29) is 47.8 Å². The minimum Gasteiger partial charge on any atom is -0.353 e. The standard InChI is InChI=1S/C54H72Cl2N6O5S/c1-8-9-30-54(59-39(3)63,51(65)58-44-28-33-53(34-29-44,61(6)7)37-42-15-11-13-17-49(42)56)47(35-40-20-24-46(25-21-40)62(68(66)67)45-22-18-38(2)19-23-45)50(64)57-43-26-31-52(32-27-43,60(4)5)36-41-14-10-12-16-48(41)55/h10-25,43-44,47H,8-9,26-37H2,1-7H3,(H,57,64)(H,58,65)(H,59,63)(H,66,67). The second-order valence-electron chi connectivity index (χ2n) is 19.8. The quantitative estimate of drug-likeness (QED) is 0.0648. The molecule has 3 unspecified atom stereocenters. The van der Waals surface area contributed by atoms with Crippen molar-refractivity contribution in [2.45, 2.75) is 139 Å². The number of likely N-dealkylation sites (N-methyl/N-ethyl adjacent to an activating group) is 2. The number of anilines is 2. The smallest absolute Gasteiger partial charge is 0.266 e. The zero-order valence-corrected chi connectivity index (χ0v) is 43.3. The fourth-order valence-corrected chi connectivity index (χ4v) is 11.7. The summed E-state index contributed by atoms with van der Waals surface area (Å²) in [4.78, 5) is 48.7. The summed E-state index contributed by atoms with van der Waals surface area (Å²) in [6.45, 7) is 5.40. The summed E-state index contributed by atoms with van der Waals surface area (Å²) < 4.78 is 24.5. The Morgan fingerprint density at radius 1 is 0.735 bits per heavy atom. The van der Waals surface area contributed by atoms with Crippen LogP contribution in [0.2, 0.25) is 10.0 Å². The number of unbranched alkanes of at least 4 members (excludes halogenated alkanes) is 1. The number of aryl methyl sites for hydroxylation is 1. The van der Waals surface area contributed by atoms with E-state index in [0.29, 0.717) is 30.6 Å². The second kappa shape index (κ2) is 23.5. The number of hydrogen-bond donors (Lipinski definition) is 4. The zero-order valence-electron chi connectivity index (χ0n) is 41.0. The van der Waals surface area contributed by atoms with Gasteiger partial charge in [-0.15, -0.1) is 0 Å². The molecule has 4 aromatic rings. The Morgan fingerprint density at radius 2 is 1.19 bits per heavy atom. The molecular weight excluding hydrogens is 916 g/mol. The van der Waals surface area contributed by atoms with Gasteiger partial charge in [-0.2, -0.15) is 0 Å². The molecule has 11 nitrogen and oxygen atoms in total. The van der Waals surface area contributed by atoms with Gasteiger partial charge in [-0.1, -0.05) is 109 Å². The molecule has 0 bridgehead atoms. The molecule has 0 aliphatic heterocycles. The van der Waals surface area contributed by atoms with Crippen LogP contribution in [0.5, 0.6) is 0 Å². The van der Waals surface area contributed by atoms with E-state index < -0.39 is 28.6 Å². The molecule has 2 aliphatic rings. The van der Waals surface area contributed by atoms with Crippen LogP contribution < -0.4 is 20.3 Å². The van der Waals surface area contributed by atoms with Crippen molar-refractivity contribution in [1.29, 1.82) is 0 Å². The van der Waals surface area contributed by atoms with E-state index in [4.69, 9.17) is 23.2 Å². The molecule has 68 heavy (non-hydrogen) atoms. The lowest BCUT2D eigenvalue weighted by Crippen LogP contribution is -2.68. The van der Waals surface area contributed by atoms with Crippen LogP contribution in [0, 0.1) is 12.8 Å². The van der Waals surface area contributed by atoms with E-state index in [9.17, 15) is 13.6 Å². The zero-order chi connectivity index (χ0) is 49.2. The van der Waals surface area contributed by atoms with Gasteiger partial charge in [0.05, 0.1) is 17.3 Å². The molecule has 3 atom stereocenters. The summed E-state index contributed by atoms with van der Waals surface area (Å²) in [6, 6.07) is 30.1. The van der Waals surface area contributed by atoms with Gasteiger partial charge in [0.1, 0.15) is 5.54 Å². The number of amides is 3. The summed E-state index contributed by atoms with van der Waals surface area (Å²) in [7, 11) is 8.42. The first-order valence-electron chi connectivity index (χ1n) is 24.2. The summed E-state index contributed by atoms with van der Waals surface area (Å²) >= 11 is 11.0. The lowest BCUT2D eigenvalue weighted by atomic mass is 9.72. The number of benzene rings is 4. The SMILES string of the molecule is CCCCC(NC(C)=O)(C(=O)NC1CCC(Cc2ccccc2Cl)(N(C)C)CC1)C(Cc1ccc(N(c2ccc(C)cc2)S(=O)O)cc1)C(=O)NC1CCC(Cc2ccccc2Cl)(N(C)C)CC1. The Bertz CT molecular complexity index is 2350. The third-order valence-corrected chi connectivity index (χ3v) is 16.5. The average molecular weight is 988 g/mol. The van der Waals surface area contributed by atoms with E-state index in [1.54, 1.807) is 24.3 Å². The molecule has 0 aromatic heterocycles. The van der Waals surface area contributed by atoms with Crippen molar-refractivity contribution in [3.05, 3.63) is 129 Å². The third kappa shape index (κ3) is 12.7. The van der Waals surface area contributed by atoms with Crippen LogP contribution in [0.1, 0.15) is 107 Å². The van der Waals surface area contributed by atoms with Crippen LogP contribution in [-0.4, -0.2) is 93.2 Å². The molecule has 368 valence electrons. The Balaban J connectivity index is 1.31. The van der Waals surface area contributed by atoms with Crippen molar-refractivity contribution in [2.24, 2.45) is 5.92 Å². The molecule has 0 radical (unpaired) electrons. The number of halogens is 2. The van der Waals surface area contributed by atoms with Gasteiger partial charge in [0.25, 0.3) is 11.3 Å². The molecule has 3 amide bonds. The van der Waals surface area contributed by atoms with Crippen LogP contribution in [0.25, 0.3) is 0 Å². The van der Waals surface area contributed by atoms with Gasteiger partial charge in [-0.05, 0) is 165 Å². The third-order valence-electron chi connectivity index (χ3n) is 15.0. The van der Waals surface area contributed by atoms with E-state index in [1.807, 2.05) is 74.5 Å². The van der Waals surface area contributed by atoms with Gasteiger partial charge < -0.3 is 25.8 Å². The minimum absolute atomic E-state index is 0.128. The second-order valence-corrected chi connectivity index (χ2v) is 21.5. The van der Waals surface area contributed by atoms with Gasteiger partial charge in [0.2, 0.25) is 17.7 Å². The summed E-state index contributed by atoms with van der Waals surface area (Å²) in [6.07, 6.45) is 9.43. The molecule has 4 aromatic carbocycles. The predicted molar refractivity (Wildman–Crippen MR) is 278 cm³/mol. The van der Waals surface area contributed by atoms with Crippen LogP contribution in [0.3, 0.4) is 0 Å². The fraction of sp³-hybridized carbons (Fsp3) is 0.500. The van der Waals surface area contributed by atoms with E-state index in [0.717, 1.165) is 90.1 Å². The molecule has 4 N–H and O–H groups in total. The topological polar surface area (TPSA) is 134 Å². The molecule has 0 saturated heterocycles. The first-order valence-corrected chi connectivity index (χ1v) is 26.0. The summed E-state index contributed by atoms with van der Waals surface area (Å²) in [5.41, 5.74) is 3.08. The maximum absolute atomic E-state index is 15.4. The highest BCUT2D eigenvalue weighted by Gasteiger charge is 2.51. The maximum Gasteiger partial charge on any atom is 0.266 e. The average Bonchev–Trinajstić information content (AvgIpc) is 3.30. The number of nitrogens with one attached hydrogen (secondary N) is 3.